The van der Waals surface area contributed by atoms with Crippen molar-refractivity contribution in [2.45, 2.75) is 33.2 Å². The molecule has 2 aromatic rings. The van der Waals surface area contributed by atoms with Crippen molar-refractivity contribution in [3.63, 3.8) is 0 Å². The molecule has 0 saturated heterocycles. The molecule has 1 heterocycles. The predicted molar refractivity (Wildman–Crippen MR) is 91.6 cm³/mol. The molecule has 1 aromatic carbocycles. The normalized spacial score (nSPS) is 10.4. The number of nitrogens with zero attached hydrogens (tertiary/aromatic N) is 2. The van der Waals surface area contributed by atoms with E-state index in [1.807, 2.05) is 10.9 Å². The second-order valence-corrected chi connectivity index (χ2v) is 5.56. The first-order chi connectivity index (χ1) is 10.2. The van der Waals surface area contributed by atoms with Crippen molar-refractivity contribution in [1.82, 2.24) is 15.1 Å². The predicted octanol–water partition coefficient (Wildman–Crippen LogP) is 3.33. The number of hydrogen-bond donors (Lipinski definition) is 2. The first-order valence-electron chi connectivity index (χ1n) is 7.30. The van der Waals surface area contributed by atoms with E-state index in [9.17, 15) is 0 Å². The van der Waals surface area contributed by atoms with Crippen molar-refractivity contribution < 1.29 is 0 Å². The minimum Gasteiger partial charge on any atom is -0.362 e. The van der Waals surface area contributed by atoms with Crippen LogP contribution in [0.1, 0.15) is 30.9 Å². The molecule has 0 amide bonds. The number of hydrogen-bond acceptors (Lipinski definition) is 2. The standard InChI is InChI=1S/C16H22N4S/c1-3-4-8-17-16(21)19-15-10-18-20(12-15)11-14-7-5-6-13(2)9-14/h5-7,9-10,12H,3-4,8,11H2,1-2H3,(H2,17,19,21). The first-order valence-corrected chi connectivity index (χ1v) is 7.71. The van der Waals surface area contributed by atoms with E-state index in [2.05, 4.69) is 53.8 Å². The van der Waals surface area contributed by atoms with Gasteiger partial charge >= 0.3 is 0 Å². The highest BCUT2D eigenvalue weighted by molar-refractivity contribution is 7.80. The molecule has 0 radical (unpaired) electrons. The molecule has 0 bridgehead atoms. The summed E-state index contributed by atoms with van der Waals surface area (Å²) in [4.78, 5) is 0. The monoisotopic (exact) mass is 302 g/mol. The van der Waals surface area contributed by atoms with E-state index in [-0.39, 0.29) is 0 Å². The number of aryl methyl sites for hydroxylation is 1. The van der Waals surface area contributed by atoms with E-state index >= 15 is 0 Å². The molecule has 0 aliphatic carbocycles. The molecule has 2 N–H and O–H groups in total. The number of unbranched alkanes of at least 4 members (excludes halogenated alkanes) is 1. The van der Waals surface area contributed by atoms with E-state index in [4.69, 9.17) is 12.2 Å². The second kappa shape index (κ2) is 7.78. The van der Waals surface area contributed by atoms with E-state index in [1.165, 1.54) is 11.1 Å². The van der Waals surface area contributed by atoms with Gasteiger partial charge in [0.2, 0.25) is 0 Å². The molecule has 112 valence electrons. The summed E-state index contributed by atoms with van der Waals surface area (Å²) < 4.78 is 1.91. The van der Waals surface area contributed by atoms with Gasteiger partial charge in [-0.15, -0.1) is 0 Å². The van der Waals surface area contributed by atoms with Crippen molar-refractivity contribution >= 4 is 23.0 Å². The lowest BCUT2D eigenvalue weighted by Crippen LogP contribution is -2.28. The molecule has 5 heteroatoms. The summed E-state index contributed by atoms with van der Waals surface area (Å²) in [5, 5.41) is 11.3. The van der Waals surface area contributed by atoms with Crippen molar-refractivity contribution in [3.8, 4) is 0 Å². The van der Waals surface area contributed by atoms with Crippen LogP contribution in [0.2, 0.25) is 0 Å². The van der Waals surface area contributed by atoms with E-state index in [0.717, 1.165) is 31.6 Å². The summed E-state index contributed by atoms with van der Waals surface area (Å²) in [5.41, 5.74) is 3.42. The average molecular weight is 302 g/mol. The summed E-state index contributed by atoms with van der Waals surface area (Å²) in [7, 11) is 0. The third kappa shape index (κ3) is 5.19. The molecule has 21 heavy (non-hydrogen) atoms. The molecule has 0 atom stereocenters. The summed E-state index contributed by atoms with van der Waals surface area (Å²) in [6.07, 6.45) is 6.04. The Kier molecular flexibility index (Phi) is 5.75. The molecule has 0 aliphatic rings. The van der Waals surface area contributed by atoms with Gasteiger partial charge in [-0.2, -0.15) is 5.10 Å². The van der Waals surface area contributed by atoms with Gasteiger partial charge in [0.15, 0.2) is 5.11 Å². The Morgan fingerprint density at radius 3 is 3.00 bits per heavy atom. The number of nitrogens with one attached hydrogen (secondary N) is 2. The second-order valence-electron chi connectivity index (χ2n) is 5.15. The molecular weight excluding hydrogens is 280 g/mol. The van der Waals surface area contributed by atoms with Gasteiger partial charge < -0.3 is 10.6 Å². The number of rotatable bonds is 6. The zero-order valence-corrected chi connectivity index (χ0v) is 13.4. The average Bonchev–Trinajstić information content (AvgIpc) is 2.86. The van der Waals surface area contributed by atoms with Gasteiger partial charge in [-0.3, -0.25) is 4.68 Å². The lowest BCUT2D eigenvalue weighted by molar-refractivity contribution is 0.686. The van der Waals surface area contributed by atoms with E-state index in [1.54, 1.807) is 6.20 Å². The van der Waals surface area contributed by atoms with Crippen molar-refractivity contribution in [3.05, 3.63) is 47.8 Å². The van der Waals surface area contributed by atoms with E-state index in [0.29, 0.717) is 5.11 Å². The lowest BCUT2D eigenvalue weighted by atomic mass is 10.1. The van der Waals surface area contributed by atoms with Gasteiger partial charge in [-0.25, -0.2) is 0 Å². The van der Waals surface area contributed by atoms with Crippen LogP contribution in [-0.4, -0.2) is 21.4 Å². The van der Waals surface area contributed by atoms with Gasteiger partial charge in [0.25, 0.3) is 0 Å². The maximum Gasteiger partial charge on any atom is 0.170 e. The quantitative estimate of drug-likeness (QED) is 0.634. The molecule has 4 nitrogen and oxygen atoms in total. The van der Waals surface area contributed by atoms with Crippen molar-refractivity contribution in [2.75, 3.05) is 11.9 Å². The Labute approximate surface area is 131 Å². The van der Waals surface area contributed by atoms with Gasteiger partial charge in [0.1, 0.15) is 0 Å². The molecule has 0 fully saturated rings. The zero-order valence-electron chi connectivity index (χ0n) is 12.6. The Hall–Kier alpha value is -1.88. The van der Waals surface area contributed by atoms with Crippen LogP contribution < -0.4 is 10.6 Å². The fourth-order valence-corrected chi connectivity index (χ4v) is 2.29. The van der Waals surface area contributed by atoms with Crippen LogP contribution in [0.15, 0.2) is 36.7 Å². The summed E-state index contributed by atoms with van der Waals surface area (Å²) in [6.45, 7) is 5.92. The van der Waals surface area contributed by atoms with Gasteiger partial charge in [0, 0.05) is 12.7 Å². The topological polar surface area (TPSA) is 41.9 Å². The third-order valence-electron chi connectivity index (χ3n) is 3.13. The Bertz CT molecular complexity index is 591. The van der Waals surface area contributed by atoms with E-state index < -0.39 is 0 Å². The van der Waals surface area contributed by atoms with Crippen LogP contribution >= 0.6 is 12.2 Å². The number of anilines is 1. The largest absolute Gasteiger partial charge is 0.362 e. The van der Waals surface area contributed by atoms with Crippen molar-refractivity contribution in [1.29, 1.82) is 0 Å². The number of aromatic nitrogens is 2. The third-order valence-corrected chi connectivity index (χ3v) is 3.38. The lowest BCUT2D eigenvalue weighted by Gasteiger charge is -2.07. The Morgan fingerprint density at radius 1 is 1.38 bits per heavy atom. The molecule has 1 aromatic heterocycles. The maximum absolute atomic E-state index is 5.25. The zero-order chi connectivity index (χ0) is 15.1. The molecule has 0 unspecified atom stereocenters. The molecule has 0 aliphatic heterocycles. The summed E-state index contributed by atoms with van der Waals surface area (Å²) >= 11 is 5.25. The molecule has 2 rings (SSSR count). The summed E-state index contributed by atoms with van der Waals surface area (Å²) in [5.74, 6) is 0. The highest BCUT2D eigenvalue weighted by Gasteiger charge is 2.02. The Morgan fingerprint density at radius 2 is 2.24 bits per heavy atom. The highest BCUT2D eigenvalue weighted by atomic mass is 32.1. The van der Waals surface area contributed by atoms with Crippen molar-refractivity contribution in [2.24, 2.45) is 0 Å². The van der Waals surface area contributed by atoms with Gasteiger partial charge in [-0.05, 0) is 31.1 Å². The van der Waals surface area contributed by atoms with Crippen LogP contribution in [0, 0.1) is 6.92 Å². The minimum absolute atomic E-state index is 0.651. The van der Waals surface area contributed by atoms with Crippen LogP contribution in [0.3, 0.4) is 0 Å². The minimum atomic E-state index is 0.651. The van der Waals surface area contributed by atoms with Gasteiger partial charge in [0.05, 0.1) is 18.4 Å². The first kappa shape index (κ1) is 15.5. The molecule has 0 saturated carbocycles. The smallest absolute Gasteiger partial charge is 0.170 e. The number of thiocarbonyl (C=S) groups is 1. The van der Waals surface area contributed by atoms with Crippen LogP contribution in [0.25, 0.3) is 0 Å². The van der Waals surface area contributed by atoms with Crippen LogP contribution in [0.5, 0.6) is 0 Å². The molecule has 0 spiro atoms. The highest BCUT2D eigenvalue weighted by Crippen LogP contribution is 2.09. The molecular formula is C16H22N4S. The Balaban J connectivity index is 1.88. The SMILES string of the molecule is CCCCNC(=S)Nc1cnn(Cc2cccc(C)c2)c1. The van der Waals surface area contributed by atoms with Crippen LogP contribution in [0.4, 0.5) is 5.69 Å². The fourth-order valence-electron chi connectivity index (χ4n) is 2.07. The van der Waals surface area contributed by atoms with Gasteiger partial charge in [-0.1, -0.05) is 43.2 Å². The maximum atomic E-state index is 5.25. The summed E-state index contributed by atoms with van der Waals surface area (Å²) in [6, 6.07) is 8.45. The van der Waals surface area contributed by atoms with Crippen LogP contribution in [-0.2, 0) is 6.54 Å². The number of benzene rings is 1. The fraction of sp³-hybridized carbons (Fsp3) is 0.375.